The maximum Gasteiger partial charge on any atom is 0.138 e. The highest BCUT2D eigenvalue weighted by molar-refractivity contribution is 8.19. The van der Waals surface area contributed by atoms with Gasteiger partial charge in [-0.3, -0.25) is 0 Å². The van der Waals surface area contributed by atoms with Crippen LogP contribution in [0.15, 0.2) is 35.2 Å². The second kappa shape index (κ2) is 4.66. The van der Waals surface area contributed by atoms with Crippen molar-refractivity contribution in [2.24, 2.45) is 0 Å². The van der Waals surface area contributed by atoms with Gasteiger partial charge in [0.2, 0.25) is 0 Å². The van der Waals surface area contributed by atoms with E-state index in [2.05, 4.69) is 0 Å². The molecule has 2 aromatic rings. The summed E-state index contributed by atoms with van der Waals surface area (Å²) in [5.41, 5.74) is 0. The Morgan fingerprint density at radius 3 is 2.06 bits per heavy atom. The SMILES string of the molecule is COc1cc(OC)c2ccccc2c1S([O-])(O)O. The fourth-order valence-corrected chi connectivity index (χ4v) is 2.75. The quantitative estimate of drug-likeness (QED) is 0.894. The van der Waals surface area contributed by atoms with Gasteiger partial charge in [-0.1, -0.05) is 35.1 Å². The van der Waals surface area contributed by atoms with Crippen molar-refractivity contribution in [3.63, 3.8) is 0 Å². The van der Waals surface area contributed by atoms with Gasteiger partial charge in [0.15, 0.2) is 0 Å². The fraction of sp³-hybridized carbons (Fsp3) is 0.167. The molecule has 0 amide bonds. The maximum absolute atomic E-state index is 11.6. The van der Waals surface area contributed by atoms with Crippen molar-refractivity contribution in [2.45, 2.75) is 4.90 Å². The van der Waals surface area contributed by atoms with Crippen LogP contribution in [0.5, 0.6) is 11.5 Å². The van der Waals surface area contributed by atoms with Gasteiger partial charge >= 0.3 is 0 Å². The Kier molecular flexibility index (Phi) is 3.36. The molecule has 0 radical (unpaired) electrons. The van der Waals surface area contributed by atoms with Gasteiger partial charge in [-0.05, 0) is 0 Å². The molecular weight excluding hydrogens is 256 g/mol. The lowest BCUT2D eigenvalue weighted by atomic mass is 10.1. The predicted octanol–water partition coefficient (Wildman–Crippen LogP) is 3.10. The molecule has 2 N–H and O–H groups in total. The average molecular weight is 269 g/mol. The number of rotatable bonds is 3. The molecule has 0 unspecified atom stereocenters. The Morgan fingerprint density at radius 2 is 1.56 bits per heavy atom. The molecule has 0 spiro atoms. The van der Waals surface area contributed by atoms with Crippen molar-refractivity contribution in [1.29, 1.82) is 0 Å². The van der Waals surface area contributed by atoms with Crippen LogP contribution in [0.1, 0.15) is 0 Å². The second-order valence-corrected chi connectivity index (χ2v) is 5.05. The van der Waals surface area contributed by atoms with Crippen molar-refractivity contribution in [2.75, 3.05) is 14.2 Å². The van der Waals surface area contributed by atoms with Gasteiger partial charge in [-0.15, -0.1) is 0 Å². The molecule has 0 heterocycles. The fourth-order valence-electron chi connectivity index (χ4n) is 1.89. The number of hydrogen-bond donors (Lipinski definition) is 2. The molecule has 0 aliphatic carbocycles. The number of fused-ring (bicyclic) bond motifs is 1. The minimum absolute atomic E-state index is 0.112. The Morgan fingerprint density at radius 1 is 1.00 bits per heavy atom. The first kappa shape index (κ1) is 13.0. The first-order valence-corrected chi connectivity index (χ1v) is 6.59. The first-order valence-electron chi connectivity index (χ1n) is 5.12. The summed E-state index contributed by atoms with van der Waals surface area (Å²) in [6.07, 6.45) is 0. The zero-order valence-electron chi connectivity index (χ0n) is 9.91. The second-order valence-electron chi connectivity index (χ2n) is 3.65. The van der Waals surface area contributed by atoms with Gasteiger partial charge < -0.3 is 23.1 Å². The van der Waals surface area contributed by atoms with Crippen LogP contribution in [0.2, 0.25) is 0 Å². The Hall–Kier alpha value is -1.47. The van der Waals surface area contributed by atoms with Gasteiger partial charge in [0.05, 0.1) is 19.1 Å². The summed E-state index contributed by atoms with van der Waals surface area (Å²) < 4.78 is 40.7. The van der Waals surface area contributed by atoms with E-state index in [1.54, 1.807) is 24.3 Å². The van der Waals surface area contributed by atoms with Crippen molar-refractivity contribution in [3.05, 3.63) is 30.3 Å². The van der Waals surface area contributed by atoms with Crippen molar-refractivity contribution in [1.82, 2.24) is 0 Å². The van der Waals surface area contributed by atoms with Gasteiger partial charge in [-0.25, -0.2) is 0 Å². The standard InChI is InChI=1S/C12H14O5S/c1-16-10-7-11(17-2)12(18(13,14)15)9-6-4-3-5-8(9)10/h3-7,13-15H,1-2H3/p-1. The highest BCUT2D eigenvalue weighted by atomic mass is 32.3. The lowest BCUT2D eigenvalue weighted by Crippen LogP contribution is -2.02. The lowest BCUT2D eigenvalue weighted by molar-refractivity contribution is 0.348. The summed E-state index contributed by atoms with van der Waals surface area (Å²) in [6.45, 7) is 0. The van der Waals surface area contributed by atoms with Gasteiger partial charge in [0.25, 0.3) is 0 Å². The van der Waals surface area contributed by atoms with E-state index >= 15 is 0 Å². The van der Waals surface area contributed by atoms with Crippen LogP contribution in [0.25, 0.3) is 10.8 Å². The van der Waals surface area contributed by atoms with Crippen LogP contribution in [-0.4, -0.2) is 27.9 Å². The smallest absolute Gasteiger partial charge is 0.138 e. The summed E-state index contributed by atoms with van der Waals surface area (Å²) >= 11 is 0. The number of benzene rings is 2. The van der Waals surface area contributed by atoms with Crippen LogP contribution in [-0.2, 0) is 0 Å². The number of methoxy groups -OCH3 is 2. The van der Waals surface area contributed by atoms with Crippen molar-refractivity contribution in [3.8, 4) is 11.5 Å². The molecule has 0 bridgehead atoms. The van der Waals surface area contributed by atoms with Crippen LogP contribution in [0, 0.1) is 0 Å². The summed E-state index contributed by atoms with van der Waals surface area (Å²) in [7, 11) is -1.27. The van der Waals surface area contributed by atoms with E-state index < -0.39 is 10.9 Å². The molecule has 0 saturated heterocycles. The molecule has 2 rings (SSSR count). The third-order valence-corrected chi connectivity index (χ3v) is 3.58. The van der Waals surface area contributed by atoms with Gasteiger partial charge in [0, 0.05) is 16.8 Å². The summed E-state index contributed by atoms with van der Waals surface area (Å²) in [5, 5.41) is 1.05. The Labute approximate surface area is 106 Å². The van der Waals surface area contributed by atoms with Crippen molar-refractivity contribution < 1.29 is 23.1 Å². The van der Waals surface area contributed by atoms with Gasteiger partial charge in [-0.2, -0.15) is 0 Å². The third kappa shape index (κ3) is 2.11. The van der Waals surface area contributed by atoms with E-state index in [4.69, 9.17) is 9.47 Å². The summed E-state index contributed by atoms with van der Waals surface area (Å²) in [5.74, 6) is 0.621. The highest BCUT2D eigenvalue weighted by Crippen LogP contribution is 2.53. The largest absolute Gasteiger partial charge is 0.769 e. The molecule has 0 atom stereocenters. The molecule has 0 aliphatic heterocycles. The zero-order chi connectivity index (χ0) is 13.3. The molecule has 6 heteroatoms. The van der Waals surface area contributed by atoms with Crippen molar-refractivity contribution >= 4 is 21.6 Å². The average Bonchev–Trinajstić information content (AvgIpc) is 2.35. The molecular formula is C12H13O5S-. The third-order valence-electron chi connectivity index (χ3n) is 2.63. The zero-order valence-corrected chi connectivity index (χ0v) is 10.7. The van der Waals surface area contributed by atoms with Gasteiger partial charge in [0.1, 0.15) is 11.5 Å². The van der Waals surface area contributed by atoms with E-state index in [1.165, 1.54) is 20.3 Å². The monoisotopic (exact) mass is 269 g/mol. The summed E-state index contributed by atoms with van der Waals surface area (Å²) in [4.78, 5) is -0.138. The predicted molar refractivity (Wildman–Crippen MR) is 68.9 cm³/mol. The molecule has 18 heavy (non-hydrogen) atoms. The van der Waals surface area contributed by atoms with E-state index in [-0.39, 0.29) is 10.6 Å². The topological polar surface area (TPSA) is 82.0 Å². The molecule has 0 aromatic heterocycles. The Balaban J connectivity index is 2.90. The van der Waals surface area contributed by atoms with Crippen LogP contribution < -0.4 is 9.47 Å². The molecule has 0 fully saturated rings. The summed E-state index contributed by atoms with van der Waals surface area (Å²) in [6, 6.07) is 8.32. The molecule has 5 nitrogen and oxygen atoms in total. The highest BCUT2D eigenvalue weighted by Gasteiger charge is 2.19. The van der Waals surface area contributed by atoms with Crippen LogP contribution in [0.4, 0.5) is 0 Å². The van der Waals surface area contributed by atoms with E-state index in [9.17, 15) is 13.7 Å². The van der Waals surface area contributed by atoms with E-state index in [1.807, 2.05) is 0 Å². The normalized spacial score (nSPS) is 12.5. The number of ether oxygens (including phenoxy) is 2. The number of hydrogen-bond acceptors (Lipinski definition) is 5. The molecule has 98 valence electrons. The first-order chi connectivity index (χ1) is 8.49. The van der Waals surface area contributed by atoms with E-state index in [0.29, 0.717) is 16.5 Å². The van der Waals surface area contributed by atoms with E-state index in [0.717, 1.165) is 0 Å². The minimum Gasteiger partial charge on any atom is -0.769 e. The molecule has 2 aromatic carbocycles. The molecule has 0 aliphatic rings. The maximum atomic E-state index is 11.6. The minimum atomic E-state index is -4.13. The van der Waals surface area contributed by atoms with Crippen LogP contribution >= 0.6 is 10.9 Å². The molecule has 0 saturated carbocycles. The lowest BCUT2D eigenvalue weighted by Gasteiger charge is -2.35. The van der Waals surface area contributed by atoms with Crippen LogP contribution in [0.3, 0.4) is 0 Å². The Bertz CT molecular complexity index is 576.